The summed E-state index contributed by atoms with van der Waals surface area (Å²) in [4.78, 5) is 13.0. The lowest BCUT2D eigenvalue weighted by Crippen LogP contribution is -2.45. The van der Waals surface area contributed by atoms with Crippen molar-refractivity contribution in [3.63, 3.8) is 0 Å². The van der Waals surface area contributed by atoms with Crippen molar-refractivity contribution in [2.24, 2.45) is 5.92 Å². The average molecular weight is 229 g/mol. The van der Waals surface area contributed by atoms with E-state index in [1.807, 2.05) is 0 Å². The standard InChI is InChI=1S/C12H20FNO2/c13-10-2-1-7-14(8-10)11-5-3-9(4-6-11)12(15)16/h9-11H,1-8H2,(H,15,16)/t9?,10-,11?/m0/s1. The number of hydrogen-bond acceptors (Lipinski definition) is 2. The zero-order valence-electron chi connectivity index (χ0n) is 9.57. The van der Waals surface area contributed by atoms with Gasteiger partial charge in [0, 0.05) is 12.6 Å². The van der Waals surface area contributed by atoms with Gasteiger partial charge in [-0.25, -0.2) is 4.39 Å². The average Bonchev–Trinajstić information content (AvgIpc) is 2.29. The maximum atomic E-state index is 13.3. The van der Waals surface area contributed by atoms with Crippen molar-refractivity contribution in [3.8, 4) is 0 Å². The van der Waals surface area contributed by atoms with Gasteiger partial charge in [0.25, 0.3) is 0 Å². The second kappa shape index (κ2) is 5.13. The molecule has 0 aromatic carbocycles. The van der Waals surface area contributed by atoms with Gasteiger partial charge in [-0.05, 0) is 45.1 Å². The van der Waals surface area contributed by atoms with E-state index in [1.165, 1.54) is 0 Å². The first kappa shape index (κ1) is 11.8. The Morgan fingerprint density at radius 3 is 2.44 bits per heavy atom. The van der Waals surface area contributed by atoms with Crippen LogP contribution >= 0.6 is 0 Å². The van der Waals surface area contributed by atoms with E-state index >= 15 is 0 Å². The molecule has 1 aliphatic carbocycles. The van der Waals surface area contributed by atoms with Gasteiger partial charge in [-0.1, -0.05) is 0 Å². The van der Waals surface area contributed by atoms with Gasteiger partial charge in [-0.2, -0.15) is 0 Å². The fraction of sp³-hybridized carbons (Fsp3) is 0.917. The van der Waals surface area contributed by atoms with Crippen LogP contribution in [-0.4, -0.2) is 41.3 Å². The van der Waals surface area contributed by atoms with Crippen LogP contribution in [0.4, 0.5) is 4.39 Å². The highest BCUT2D eigenvalue weighted by Crippen LogP contribution is 2.29. The molecule has 16 heavy (non-hydrogen) atoms. The molecule has 0 aromatic heterocycles. The Morgan fingerprint density at radius 2 is 1.88 bits per heavy atom. The third-order valence-electron chi connectivity index (χ3n) is 3.96. The van der Waals surface area contributed by atoms with Gasteiger partial charge >= 0.3 is 5.97 Å². The number of halogens is 1. The predicted molar refractivity (Wildman–Crippen MR) is 59.1 cm³/mol. The summed E-state index contributed by atoms with van der Waals surface area (Å²) in [5.74, 6) is -0.831. The van der Waals surface area contributed by atoms with Crippen molar-refractivity contribution in [2.75, 3.05) is 13.1 Å². The van der Waals surface area contributed by atoms with E-state index in [0.29, 0.717) is 19.0 Å². The Bertz CT molecular complexity index is 251. The van der Waals surface area contributed by atoms with Crippen molar-refractivity contribution < 1.29 is 14.3 Å². The van der Waals surface area contributed by atoms with Gasteiger partial charge < -0.3 is 5.11 Å². The summed E-state index contributed by atoms with van der Waals surface area (Å²) in [6, 6.07) is 0.425. The van der Waals surface area contributed by atoms with Crippen molar-refractivity contribution >= 4 is 5.97 Å². The number of piperidine rings is 1. The first-order chi connectivity index (χ1) is 7.66. The number of carboxylic acid groups (broad SMARTS) is 1. The molecule has 2 fully saturated rings. The first-order valence-electron chi connectivity index (χ1n) is 6.27. The number of rotatable bonds is 2. The normalized spacial score (nSPS) is 37.2. The van der Waals surface area contributed by atoms with E-state index < -0.39 is 12.1 Å². The summed E-state index contributed by atoms with van der Waals surface area (Å²) in [6.45, 7) is 1.55. The zero-order valence-corrected chi connectivity index (χ0v) is 9.57. The van der Waals surface area contributed by atoms with Crippen molar-refractivity contribution in [1.82, 2.24) is 4.90 Å². The topological polar surface area (TPSA) is 40.5 Å². The van der Waals surface area contributed by atoms with Gasteiger partial charge in [0.05, 0.1) is 5.92 Å². The summed E-state index contributed by atoms with van der Waals surface area (Å²) in [5.41, 5.74) is 0. The van der Waals surface area contributed by atoms with E-state index in [-0.39, 0.29) is 5.92 Å². The fourth-order valence-corrected chi connectivity index (χ4v) is 2.97. The van der Waals surface area contributed by atoms with Crippen LogP contribution in [0.25, 0.3) is 0 Å². The minimum absolute atomic E-state index is 0.165. The summed E-state index contributed by atoms with van der Waals surface area (Å²) in [7, 11) is 0. The molecule has 92 valence electrons. The number of carboxylic acids is 1. The number of aliphatic carboxylic acids is 1. The first-order valence-corrected chi connectivity index (χ1v) is 6.27. The number of likely N-dealkylation sites (tertiary alicyclic amines) is 1. The van der Waals surface area contributed by atoms with Gasteiger partial charge in [0.1, 0.15) is 6.17 Å². The molecule has 0 bridgehead atoms. The van der Waals surface area contributed by atoms with Gasteiger partial charge in [-0.3, -0.25) is 9.69 Å². The van der Waals surface area contributed by atoms with Crippen molar-refractivity contribution in [3.05, 3.63) is 0 Å². The lowest BCUT2D eigenvalue weighted by Gasteiger charge is -2.39. The maximum absolute atomic E-state index is 13.3. The minimum atomic E-state index is -0.675. The zero-order chi connectivity index (χ0) is 11.5. The number of nitrogens with zero attached hydrogens (tertiary/aromatic N) is 1. The second-order valence-corrected chi connectivity index (χ2v) is 5.08. The highest BCUT2D eigenvalue weighted by Gasteiger charge is 2.31. The molecule has 1 N–H and O–H groups in total. The second-order valence-electron chi connectivity index (χ2n) is 5.08. The molecule has 4 heteroatoms. The molecule has 2 aliphatic rings. The van der Waals surface area contributed by atoms with Gasteiger partial charge in [0.2, 0.25) is 0 Å². The molecular formula is C12H20FNO2. The molecule has 1 saturated carbocycles. The molecule has 1 atom stereocenters. The third-order valence-corrected chi connectivity index (χ3v) is 3.96. The Balaban J connectivity index is 1.81. The molecule has 1 heterocycles. The molecule has 1 saturated heterocycles. The van der Waals surface area contributed by atoms with Crippen molar-refractivity contribution in [1.29, 1.82) is 0 Å². The van der Waals surface area contributed by atoms with Gasteiger partial charge in [0.15, 0.2) is 0 Å². The van der Waals surface area contributed by atoms with Crippen LogP contribution in [0.3, 0.4) is 0 Å². The summed E-state index contributed by atoms with van der Waals surface area (Å²) >= 11 is 0. The fourth-order valence-electron chi connectivity index (χ4n) is 2.97. The number of alkyl halides is 1. The number of hydrogen-bond donors (Lipinski definition) is 1. The van der Waals surface area contributed by atoms with Crippen LogP contribution in [0, 0.1) is 5.92 Å². The minimum Gasteiger partial charge on any atom is -0.481 e. The summed E-state index contributed by atoms with van der Waals surface area (Å²) in [6.07, 6.45) is 4.32. The predicted octanol–water partition coefficient (Wildman–Crippen LogP) is 2.06. The molecule has 0 unspecified atom stereocenters. The molecule has 0 radical (unpaired) electrons. The quantitative estimate of drug-likeness (QED) is 0.788. The van der Waals surface area contributed by atoms with Crippen LogP contribution in [0.15, 0.2) is 0 Å². The molecule has 0 spiro atoms. The SMILES string of the molecule is O=C(O)C1CCC(N2CCC[C@H](F)C2)CC1. The van der Waals surface area contributed by atoms with Crippen LogP contribution in [-0.2, 0) is 4.79 Å². The van der Waals surface area contributed by atoms with E-state index in [0.717, 1.165) is 38.6 Å². The van der Waals surface area contributed by atoms with Gasteiger partial charge in [-0.15, -0.1) is 0 Å². The summed E-state index contributed by atoms with van der Waals surface area (Å²) < 4.78 is 13.3. The molecule has 0 aromatic rings. The molecule has 0 amide bonds. The molecule has 3 nitrogen and oxygen atoms in total. The Labute approximate surface area is 95.6 Å². The lowest BCUT2D eigenvalue weighted by atomic mass is 9.85. The highest BCUT2D eigenvalue weighted by atomic mass is 19.1. The Morgan fingerprint density at radius 1 is 1.19 bits per heavy atom. The lowest BCUT2D eigenvalue weighted by molar-refractivity contribution is -0.143. The molecule has 1 aliphatic heterocycles. The van der Waals surface area contributed by atoms with E-state index in [1.54, 1.807) is 0 Å². The monoisotopic (exact) mass is 229 g/mol. The van der Waals surface area contributed by atoms with Crippen LogP contribution in [0.1, 0.15) is 38.5 Å². The highest BCUT2D eigenvalue weighted by molar-refractivity contribution is 5.70. The Hall–Kier alpha value is -0.640. The van der Waals surface area contributed by atoms with Crippen LogP contribution < -0.4 is 0 Å². The number of carbonyl (C=O) groups is 1. The van der Waals surface area contributed by atoms with E-state index in [2.05, 4.69) is 4.90 Å². The van der Waals surface area contributed by atoms with E-state index in [4.69, 9.17) is 5.11 Å². The molecule has 2 rings (SSSR count). The van der Waals surface area contributed by atoms with Crippen molar-refractivity contribution in [2.45, 2.75) is 50.7 Å². The third kappa shape index (κ3) is 2.73. The van der Waals surface area contributed by atoms with E-state index in [9.17, 15) is 9.18 Å². The smallest absolute Gasteiger partial charge is 0.306 e. The van der Waals surface area contributed by atoms with Crippen LogP contribution in [0.5, 0.6) is 0 Å². The largest absolute Gasteiger partial charge is 0.481 e. The van der Waals surface area contributed by atoms with Crippen LogP contribution in [0.2, 0.25) is 0 Å². The Kier molecular flexibility index (Phi) is 3.79. The summed E-state index contributed by atoms with van der Waals surface area (Å²) in [5, 5.41) is 8.90. The molecular weight excluding hydrogens is 209 g/mol. The maximum Gasteiger partial charge on any atom is 0.306 e.